The summed E-state index contributed by atoms with van der Waals surface area (Å²) >= 11 is 0. The predicted molar refractivity (Wildman–Crippen MR) is 111 cm³/mol. The van der Waals surface area contributed by atoms with Crippen LogP contribution in [0.25, 0.3) is 0 Å². The fourth-order valence-electron chi connectivity index (χ4n) is 5.26. The lowest BCUT2D eigenvalue weighted by Gasteiger charge is -2.37. The van der Waals surface area contributed by atoms with Gasteiger partial charge in [-0.05, 0) is 31.4 Å². The molecule has 3 aliphatic rings. The number of hydrogen-bond donors (Lipinski definition) is 0. The van der Waals surface area contributed by atoms with Gasteiger partial charge in [-0.2, -0.15) is 5.10 Å². The summed E-state index contributed by atoms with van der Waals surface area (Å²) in [6, 6.07) is 3.89. The minimum Gasteiger partial charge on any atom is -0.352 e. The zero-order valence-electron chi connectivity index (χ0n) is 17.0. The van der Waals surface area contributed by atoms with Crippen LogP contribution in [-0.2, 0) is 17.8 Å². The SMILES string of the molecule is O=C(C1CCn2c(cnc2C2CCCCC2)C1)N1CCN(c2cccnn2)CC1. The number of amides is 1. The third-order valence-corrected chi connectivity index (χ3v) is 6.92. The zero-order chi connectivity index (χ0) is 19.6. The monoisotopic (exact) mass is 394 g/mol. The second kappa shape index (κ2) is 8.13. The second-order valence-electron chi connectivity index (χ2n) is 8.68. The van der Waals surface area contributed by atoms with Gasteiger partial charge in [-0.15, -0.1) is 5.10 Å². The average Bonchev–Trinajstić information content (AvgIpc) is 3.23. The molecule has 7 heteroatoms. The van der Waals surface area contributed by atoms with E-state index in [4.69, 9.17) is 4.98 Å². The van der Waals surface area contributed by atoms with Crippen molar-refractivity contribution in [3.63, 3.8) is 0 Å². The van der Waals surface area contributed by atoms with E-state index in [1.807, 2.05) is 23.2 Å². The minimum atomic E-state index is 0.0986. The summed E-state index contributed by atoms with van der Waals surface area (Å²) in [4.78, 5) is 22.2. The van der Waals surface area contributed by atoms with E-state index in [1.54, 1.807) is 6.20 Å². The molecule has 0 radical (unpaired) electrons. The van der Waals surface area contributed by atoms with Crippen LogP contribution in [-0.4, -0.2) is 56.7 Å². The zero-order valence-corrected chi connectivity index (χ0v) is 17.0. The van der Waals surface area contributed by atoms with Crippen LogP contribution in [0.1, 0.15) is 56.0 Å². The lowest BCUT2D eigenvalue weighted by molar-refractivity contribution is -0.136. The highest BCUT2D eigenvalue weighted by Gasteiger charge is 2.32. The van der Waals surface area contributed by atoms with Gasteiger partial charge in [0, 0.05) is 69.1 Å². The molecule has 5 rings (SSSR count). The maximum absolute atomic E-state index is 13.2. The fourth-order valence-corrected chi connectivity index (χ4v) is 5.26. The van der Waals surface area contributed by atoms with Gasteiger partial charge >= 0.3 is 0 Å². The average molecular weight is 395 g/mol. The van der Waals surface area contributed by atoms with Gasteiger partial charge in [0.15, 0.2) is 5.82 Å². The smallest absolute Gasteiger partial charge is 0.226 e. The van der Waals surface area contributed by atoms with E-state index < -0.39 is 0 Å². The van der Waals surface area contributed by atoms with Gasteiger partial charge < -0.3 is 14.4 Å². The van der Waals surface area contributed by atoms with E-state index in [9.17, 15) is 4.79 Å². The number of aromatic nitrogens is 4. The van der Waals surface area contributed by atoms with Gasteiger partial charge in [0.2, 0.25) is 5.91 Å². The van der Waals surface area contributed by atoms with E-state index in [1.165, 1.54) is 43.6 Å². The molecule has 154 valence electrons. The minimum absolute atomic E-state index is 0.0986. The van der Waals surface area contributed by atoms with Crippen molar-refractivity contribution in [2.24, 2.45) is 5.92 Å². The summed E-state index contributed by atoms with van der Waals surface area (Å²) in [6.45, 7) is 4.11. The molecular weight excluding hydrogens is 364 g/mol. The van der Waals surface area contributed by atoms with Crippen molar-refractivity contribution in [3.8, 4) is 0 Å². The number of imidazole rings is 1. The number of anilines is 1. The maximum Gasteiger partial charge on any atom is 0.226 e. The predicted octanol–water partition coefficient (Wildman–Crippen LogP) is 2.63. The van der Waals surface area contributed by atoms with Crippen LogP contribution in [0, 0.1) is 5.92 Å². The van der Waals surface area contributed by atoms with Gasteiger partial charge in [-0.3, -0.25) is 4.79 Å². The molecule has 29 heavy (non-hydrogen) atoms. The van der Waals surface area contributed by atoms with Crippen LogP contribution in [0.15, 0.2) is 24.5 Å². The van der Waals surface area contributed by atoms with Gasteiger partial charge in [0.1, 0.15) is 5.82 Å². The Labute approximate surface area is 172 Å². The summed E-state index contributed by atoms with van der Waals surface area (Å²) < 4.78 is 2.42. The van der Waals surface area contributed by atoms with Crippen molar-refractivity contribution in [3.05, 3.63) is 36.0 Å². The molecule has 1 amide bonds. The van der Waals surface area contributed by atoms with Crippen LogP contribution in [0.4, 0.5) is 5.82 Å². The molecule has 0 aromatic carbocycles. The Morgan fingerprint density at radius 2 is 1.83 bits per heavy atom. The van der Waals surface area contributed by atoms with Crippen LogP contribution < -0.4 is 4.90 Å². The molecule has 1 unspecified atom stereocenters. The fraction of sp³-hybridized carbons (Fsp3) is 0.636. The summed E-state index contributed by atoms with van der Waals surface area (Å²) in [5.41, 5.74) is 1.26. The molecule has 2 aromatic rings. The Kier molecular flexibility index (Phi) is 5.21. The molecule has 0 spiro atoms. The highest BCUT2D eigenvalue weighted by atomic mass is 16.2. The first-order valence-corrected chi connectivity index (χ1v) is 11.2. The molecule has 7 nitrogen and oxygen atoms in total. The number of hydrogen-bond acceptors (Lipinski definition) is 5. The molecule has 2 aromatic heterocycles. The molecule has 2 fully saturated rings. The number of rotatable bonds is 3. The Bertz CT molecular complexity index is 836. The van der Waals surface area contributed by atoms with E-state index in [0.29, 0.717) is 11.8 Å². The van der Waals surface area contributed by atoms with Gasteiger partial charge in [0.25, 0.3) is 0 Å². The van der Waals surface area contributed by atoms with Crippen molar-refractivity contribution in [1.29, 1.82) is 0 Å². The number of carbonyl (C=O) groups is 1. The van der Waals surface area contributed by atoms with Crippen LogP contribution in [0.2, 0.25) is 0 Å². The molecule has 2 aliphatic heterocycles. The lowest BCUT2D eigenvalue weighted by Crippen LogP contribution is -2.51. The van der Waals surface area contributed by atoms with Gasteiger partial charge in [-0.25, -0.2) is 4.98 Å². The summed E-state index contributed by atoms with van der Waals surface area (Å²) in [7, 11) is 0. The highest BCUT2D eigenvalue weighted by Crippen LogP contribution is 2.34. The molecular formula is C22H30N6O. The molecule has 4 heterocycles. The van der Waals surface area contributed by atoms with Gasteiger partial charge in [-0.1, -0.05) is 19.3 Å². The van der Waals surface area contributed by atoms with Crippen molar-refractivity contribution in [2.75, 3.05) is 31.1 Å². The number of piperazine rings is 1. The third-order valence-electron chi connectivity index (χ3n) is 6.92. The second-order valence-corrected chi connectivity index (χ2v) is 8.68. The van der Waals surface area contributed by atoms with E-state index in [2.05, 4.69) is 19.7 Å². The Hall–Kier alpha value is -2.44. The molecule has 1 saturated carbocycles. The van der Waals surface area contributed by atoms with E-state index in [0.717, 1.165) is 51.4 Å². The Balaban J connectivity index is 1.20. The number of carbonyl (C=O) groups excluding carboxylic acids is 1. The van der Waals surface area contributed by atoms with Crippen LogP contribution in [0.3, 0.4) is 0 Å². The van der Waals surface area contributed by atoms with Crippen molar-refractivity contribution in [2.45, 2.75) is 57.4 Å². The molecule has 0 bridgehead atoms. The standard InChI is InChI=1S/C22H30N6O/c29-22(27-13-11-26(12-14-27)20-7-4-9-24-25-20)18-8-10-28-19(15-18)16-23-21(28)17-5-2-1-3-6-17/h4,7,9,16-18H,1-3,5-6,8,10-15H2. The van der Waals surface area contributed by atoms with Crippen LogP contribution in [0.5, 0.6) is 0 Å². The molecule has 1 atom stereocenters. The van der Waals surface area contributed by atoms with Gasteiger partial charge in [0.05, 0.1) is 0 Å². The summed E-state index contributed by atoms with van der Waals surface area (Å²) in [6.07, 6.45) is 12.1. The third kappa shape index (κ3) is 3.74. The maximum atomic E-state index is 13.2. The normalized spacial score (nSPS) is 23.1. The van der Waals surface area contributed by atoms with Crippen molar-refractivity contribution >= 4 is 11.7 Å². The molecule has 0 N–H and O–H groups in total. The number of fused-ring (bicyclic) bond motifs is 1. The largest absolute Gasteiger partial charge is 0.352 e. The highest BCUT2D eigenvalue weighted by molar-refractivity contribution is 5.79. The van der Waals surface area contributed by atoms with E-state index >= 15 is 0 Å². The summed E-state index contributed by atoms with van der Waals surface area (Å²) in [5.74, 6) is 3.22. The van der Waals surface area contributed by atoms with Crippen molar-refractivity contribution < 1.29 is 4.79 Å². The summed E-state index contributed by atoms with van der Waals surface area (Å²) in [5, 5.41) is 8.15. The molecule has 1 aliphatic carbocycles. The Morgan fingerprint density at radius 3 is 2.59 bits per heavy atom. The first-order chi connectivity index (χ1) is 14.3. The first-order valence-electron chi connectivity index (χ1n) is 11.2. The first kappa shape index (κ1) is 18.6. The number of nitrogens with zero attached hydrogens (tertiary/aromatic N) is 6. The van der Waals surface area contributed by atoms with Crippen LogP contribution >= 0.6 is 0 Å². The Morgan fingerprint density at radius 1 is 1.00 bits per heavy atom. The lowest BCUT2D eigenvalue weighted by atomic mass is 9.88. The van der Waals surface area contributed by atoms with E-state index in [-0.39, 0.29) is 5.92 Å². The quantitative estimate of drug-likeness (QED) is 0.801. The molecule has 1 saturated heterocycles. The van der Waals surface area contributed by atoms with Crippen molar-refractivity contribution in [1.82, 2.24) is 24.6 Å². The topological polar surface area (TPSA) is 67.2 Å².